The van der Waals surface area contributed by atoms with Crippen LogP contribution in [0.25, 0.3) is 0 Å². The number of allylic oxidation sites excluding steroid dienone is 4. The highest BCUT2D eigenvalue weighted by atomic mass is 32.2. The van der Waals surface area contributed by atoms with E-state index in [-0.39, 0.29) is 54.8 Å². The molecular weight excluding hydrogens is 897 g/mol. The van der Waals surface area contributed by atoms with Crippen LogP contribution in [0.15, 0.2) is 76.2 Å². The van der Waals surface area contributed by atoms with Crippen LogP contribution in [-0.2, 0) is 56.4 Å². The van der Waals surface area contributed by atoms with Crippen molar-refractivity contribution in [3.05, 3.63) is 101 Å². The minimum atomic E-state index is -4.64. The van der Waals surface area contributed by atoms with Crippen LogP contribution in [0.3, 0.4) is 0 Å². The number of rotatable bonds is 21. The molecular formula is C42H49F4N2O12S3+. The van der Waals surface area contributed by atoms with E-state index in [2.05, 4.69) is 4.74 Å². The molecule has 3 aromatic rings. The van der Waals surface area contributed by atoms with Crippen molar-refractivity contribution in [3.8, 4) is 5.75 Å². The lowest BCUT2D eigenvalue weighted by Crippen LogP contribution is -2.33. The zero-order chi connectivity index (χ0) is 46.5. The molecule has 2 heterocycles. The van der Waals surface area contributed by atoms with Crippen LogP contribution in [0.5, 0.6) is 5.75 Å². The highest BCUT2D eigenvalue weighted by Crippen LogP contribution is 2.51. The number of ether oxygens (including phenoxy) is 3. The lowest BCUT2D eigenvalue weighted by Gasteiger charge is -2.30. The maximum absolute atomic E-state index is 14.1. The first-order valence-corrected chi connectivity index (χ1v) is 23.9. The Labute approximate surface area is 366 Å². The second-order valence-corrected chi connectivity index (χ2v) is 19.5. The van der Waals surface area contributed by atoms with Crippen LogP contribution < -0.4 is 9.64 Å². The summed E-state index contributed by atoms with van der Waals surface area (Å²) < 4.78 is 163. The van der Waals surface area contributed by atoms with Gasteiger partial charge >= 0.3 is 5.97 Å². The maximum atomic E-state index is 14.1. The fraction of sp³-hybridized carbons (Fsp3) is 0.429. The number of carbonyl (C=O) groups is 1. The molecule has 3 unspecified atom stereocenters. The Morgan fingerprint density at radius 3 is 2.16 bits per heavy atom. The van der Waals surface area contributed by atoms with Crippen LogP contribution in [0, 0.1) is 23.3 Å². The normalized spacial score (nSPS) is 19.9. The van der Waals surface area contributed by atoms with Crippen molar-refractivity contribution in [3.63, 3.8) is 0 Å². The highest BCUT2D eigenvalue weighted by Gasteiger charge is 2.48. The topological polar surface area (TPSA) is 197 Å². The van der Waals surface area contributed by atoms with Crippen molar-refractivity contribution in [1.82, 2.24) is 0 Å². The predicted octanol–water partition coefficient (Wildman–Crippen LogP) is 7.16. The number of unbranched alkanes of at least 4 members (excludes halogenated alkanes) is 2. The number of fused-ring (bicyclic) bond motifs is 2. The first-order valence-electron chi connectivity index (χ1n) is 19.7. The van der Waals surface area contributed by atoms with Crippen LogP contribution in [0.1, 0.15) is 69.9 Å². The first-order chi connectivity index (χ1) is 29.6. The summed E-state index contributed by atoms with van der Waals surface area (Å²) >= 11 is -2.32. The van der Waals surface area contributed by atoms with E-state index >= 15 is 0 Å². The third-order valence-corrected chi connectivity index (χ3v) is 13.7. The van der Waals surface area contributed by atoms with Gasteiger partial charge < -0.3 is 23.7 Å². The number of anilines is 1. The van der Waals surface area contributed by atoms with Gasteiger partial charge in [0.25, 0.3) is 20.2 Å². The maximum Gasteiger partial charge on any atom is 0.311 e. The smallest absolute Gasteiger partial charge is 0.311 e. The summed E-state index contributed by atoms with van der Waals surface area (Å²) in [6.45, 7) is 4.92. The van der Waals surface area contributed by atoms with Crippen molar-refractivity contribution in [2.24, 2.45) is 0 Å². The minimum Gasteiger partial charge on any atom is -0.420 e. The summed E-state index contributed by atoms with van der Waals surface area (Å²) in [5.74, 6) is -10.2. The molecule has 344 valence electrons. The van der Waals surface area contributed by atoms with Gasteiger partial charge in [-0.1, -0.05) is 6.08 Å². The minimum absolute atomic E-state index is 0.00407. The zero-order valence-corrected chi connectivity index (χ0v) is 37.4. The Morgan fingerprint density at radius 2 is 1.54 bits per heavy atom. The number of benzene rings is 3. The van der Waals surface area contributed by atoms with E-state index in [9.17, 15) is 57.1 Å². The molecule has 0 saturated carbocycles. The van der Waals surface area contributed by atoms with Gasteiger partial charge in [-0.25, -0.2) is 13.0 Å². The number of hydrogen-bond acceptors (Lipinski definition) is 10. The van der Waals surface area contributed by atoms with Crippen molar-refractivity contribution < 1.29 is 75.8 Å². The Kier molecular flexibility index (Phi) is 15.9. The fourth-order valence-electron chi connectivity index (χ4n) is 8.19. The largest absolute Gasteiger partial charge is 0.420 e. The van der Waals surface area contributed by atoms with Crippen LogP contribution in [0.4, 0.5) is 28.9 Å². The van der Waals surface area contributed by atoms with E-state index in [0.717, 1.165) is 17.0 Å². The summed E-state index contributed by atoms with van der Waals surface area (Å²) in [6.07, 6.45) is 6.66. The second-order valence-electron chi connectivity index (χ2n) is 15.6. The summed E-state index contributed by atoms with van der Waals surface area (Å²) in [7, 11) is -5.94. The molecule has 63 heavy (non-hydrogen) atoms. The molecule has 0 spiro atoms. The number of halogens is 4. The van der Waals surface area contributed by atoms with Gasteiger partial charge in [-0.3, -0.25) is 13.9 Å². The van der Waals surface area contributed by atoms with E-state index in [1.54, 1.807) is 37.3 Å². The molecule has 0 amide bonds. The summed E-state index contributed by atoms with van der Waals surface area (Å²) in [5.41, 5.74) is 2.03. The molecule has 3 aromatic carbocycles. The van der Waals surface area contributed by atoms with Gasteiger partial charge in [0.05, 0.1) is 27.6 Å². The molecule has 2 aliphatic heterocycles. The van der Waals surface area contributed by atoms with Crippen molar-refractivity contribution >= 4 is 54.4 Å². The summed E-state index contributed by atoms with van der Waals surface area (Å²) in [6, 6.07) is 9.05. The van der Waals surface area contributed by atoms with E-state index in [1.165, 1.54) is 32.4 Å². The standard InChI is InChI=1S/C42H48F4N2O12S3/c1-41(17-9-23-62(52,53)54)30-25-28(63(55,56)57)14-16-34(30)48(20-22-59-4)35(41)10-8-11-36-42(2,18-21-58-3)29-24-27(61(50)51)13-15-33(29)47(36)19-7-5-6-12-37(49)60-40-38(45)31(43)26-32(44)39(40)46/h8,10-11,13-16,24-26H,5-7,9,12,17-23H2,1-4H3,(H2-,50,51,52,53,54,55,56,57)/p+1. The summed E-state index contributed by atoms with van der Waals surface area (Å²) in [4.78, 5) is 14.2. The number of methoxy groups -OCH3 is 2. The Hall–Kier alpha value is -4.35. The molecule has 2 aliphatic rings. The number of esters is 1. The van der Waals surface area contributed by atoms with Crippen LogP contribution >= 0.6 is 0 Å². The molecule has 0 radical (unpaired) electrons. The van der Waals surface area contributed by atoms with Gasteiger partial charge in [-0.2, -0.15) is 30.2 Å². The van der Waals surface area contributed by atoms with Gasteiger partial charge in [0.15, 0.2) is 28.4 Å². The van der Waals surface area contributed by atoms with Gasteiger partial charge in [-0.15, -0.1) is 0 Å². The van der Waals surface area contributed by atoms with E-state index in [0.29, 0.717) is 49.3 Å². The number of nitrogens with zero attached hydrogens (tertiary/aromatic N) is 2. The number of carbonyl (C=O) groups excluding carboxylic acids is 1. The molecule has 0 aliphatic carbocycles. The average molecular weight is 946 g/mol. The monoisotopic (exact) mass is 945 g/mol. The average Bonchev–Trinajstić information content (AvgIpc) is 3.58. The van der Waals surface area contributed by atoms with E-state index in [1.807, 2.05) is 22.5 Å². The van der Waals surface area contributed by atoms with Gasteiger partial charge in [0.2, 0.25) is 23.1 Å². The zero-order valence-electron chi connectivity index (χ0n) is 34.9. The van der Waals surface area contributed by atoms with Crippen molar-refractivity contribution in [2.45, 2.75) is 79.4 Å². The van der Waals surface area contributed by atoms with Crippen LogP contribution in [0.2, 0.25) is 0 Å². The van der Waals surface area contributed by atoms with Crippen LogP contribution in [-0.4, -0.2) is 97.2 Å². The Balaban J connectivity index is 1.53. The molecule has 3 N–H and O–H groups in total. The molecule has 0 bridgehead atoms. The van der Waals surface area contributed by atoms with Crippen molar-refractivity contribution in [1.29, 1.82) is 0 Å². The molecule has 3 atom stereocenters. The van der Waals surface area contributed by atoms with Gasteiger partial charge in [0, 0.05) is 80.8 Å². The molecule has 14 nitrogen and oxygen atoms in total. The third-order valence-electron chi connectivity index (χ3n) is 11.4. The first kappa shape index (κ1) is 49.7. The predicted molar refractivity (Wildman–Crippen MR) is 225 cm³/mol. The quantitative estimate of drug-likeness (QED) is 0.0142. The second kappa shape index (κ2) is 20.2. The molecule has 0 aromatic heterocycles. The molecule has 21 heteroatoms. The third kappa shape index (κ3) is 11.1. The summed E-state index contributed by atoms with van der Waals surface area (Å²) in [5, 5.41) is 0. The van der Waals surface area contributed by atoms with Gasteiger partial charge in [0.1, 0.15) is 6.54 Å². The van der Waals surface area contributed by atoms with Crippen molar-refractivity contribution in [2.75, 3.05) is 51.2 Å². The van der Waals surface area contributed by atoms with E-state index in [4.69, 9.17) is 9.47 Å². The molecule has 5 rings (SSSR count). The number of hydrogen-bond donors (Lipinski definition) is 3. The molecule has 0 saturated heterocycles. The fourth-order valence-corrected chi connectivity index (χ4v) is 9.61. The Morgan fingerprint density at radius 1 is 0.857 bits per heavy atom. The Bertz CT molecular complexity index is 2560. The molecule has 0 fully saturated rings. The lowest BCUT2D eigenvalue weighted by molar-refractivity contribution is -0.438. The highest BCUT2D eigenvalue weighted by molar-refractivity contribution is 7.86. The van der Waals surface area contributed by atoms with E-state index < -0.39 is 82.9 Å². The van der Waals surface area contributed by atoms with Gasteiger partial charge in [-0.05, 0) is 87.9 Å². The lowest BCUT2D eigenvalue weighted by atomic mass is 9.76. The SMILES string of the molecule is COCCN1/C(=C/C=C/C2=[N+](CCCCCC(=O)Oc3c(F)c(F)cc(F)c3F)c3ccc(S(=O)O)cc3C2(C)CCOC)C(C)(CCCS(=O)(=O)O)c2cc(S(=O)(=O)O)ccc21.